The fraction of sp³-hybridized carbons (Fsp3) is 1.00. The first-order valence-corrected chi connectivity index (χ1v) is 6.15. The fourth-order valence-corrected chi connectivity index (χ4v) is 3.02. The molecule has 3 N–H and O–H groups in total. The molecule has 0 aliphatic rings. The second kappa shape index (κ2) is 4.52. The van der Waals surface area contributed by atoms with E-state index in [-0.39, 0.29) is 0 Å². The molecule has 3 nitrogen and oxygen atoms in total. The van der Waals surface area contributed by atoms with E-state index in [4.69, 9.17) is 0 Å². The van der Waals surface area contributed by atoms with Crippen molar-refractivity contribution in [3.05, 3.63) is 0 Å². The van der Waals surface area contributed by atoms with Crippen LogP contribution in [0.15, 0.2) is 0 Å². The number of hydrogen-bond donors (Lipinski definition) is 3. The number of hydrogen-bond acceptors (Lipinski definition) is 3. The summed E-state index contributed by atoms with van der Waals surface area (Å²) in [5, 5.41) is -0.651. The lowest BCUT2D eigenvalue weighted by molar-refractivity contribution is 0.264. The van der Waals surface area contributed by atoms with Crippen molar-refractivity contribution in [3.8, 4) is 0 Å². The van der Waals surface area contributed by atoms with Crippen LogP contribution in [0.4, 0.5) is 0 Å². The Bertz CT molecular complexity index is 127. The van der Waals surface area contributed by atoms with Crippen molar-refractivity contribution in [1.82, 2.24) is 0 Å². The molecule has 0 saturated heterocycles. The Kier molecular flexibility index (Phi) is 4.64. The Labute approximate surface area is 75.0 Å². The maximum Gasteiger partial charge on any atom is 0.409 e. The topological polar surface area (TPSA) is 60.7 Å². The van der Waals surface area contributed by atoms with Gasteiger partial charge in [0.1, 0.15) is 0 Å². The predicted octanol–water partition coefficient (Wildman–Crippen LogP) is 2.08. The van der Waals surface area contributed by atoms with Gasteiger partial charge in [0.15, 0.2) is 5.16 Å². The van der Waals surface area contributed by atoms with Crippen molar-refractivity contribution in [3.63, 3.8) is 0 Å². The van der Waals surface area contributed by atoms with Crippen LogP contribution >= 0.6 is 7.94 Å². The van der Waals surface area contributed by atoms with E-state index < -0.39 is 13.1 Å². The van der Waals surface area contributed by atoms with E-state index in [0.717, 1.165) is 6.42 Å². The molecule has 12 heavy (non-hydrogen) atoms. The highest BCUT2D eigenvalue weighted by Crippen LogP contribution is 2.63. The van der Waals surface area contributed by atoms with E-state index in [2.05, 4.69) is 0 Å². The van der Waals surface area contributed by atoms with Gasteiger partial charge in [0, 0.05) is 0 Å². The SMILES string of the molecule is CCCC(CC)(CC)[P+](O)(O)O. The van der Waals surface area contributed by atoms with E-state index >= 15 is 0 Å². The lowest BCUT2D eigenvalue weighted by atomic mass is 9.97. The normalized spacial score (nSPS) is 13.5. The van der Waals surface area contributed by atoms with Crippen molar-refractivity contribution >= 4 is 7.94 Å². The summed E-state index contributed by atoms with van der Waals surface area (Å²) in [5.74, 6) is 0. The van der Waals surface area contributed by atoms with Crippen LogP contribution in [0, 0.1) is 0 Å². The highest BCUT2D eigenvalue weighted by molar-refractivity contribution is 7.60. The molecular formula is C8H20O3P+. The molecule has 74 valence electrons. The van der Waals surface area contributed by atoms with Gasteiger partial charge >= 0.3 is 7.94 Å². The Morgan fingerprint density at radius 2 is 1.42 bits per heavy atom. The molecule has 0 aromatic rings. The third-order valence-corrected chi connectivity index (χ3v) is 4.80. The van der Waals surface area contributed by atoms with Crippen molar-refractivity contribution in [1.29, 1.82) is 0 Å². The Balaban J connectivity index is 4.57. The van der Waals surface area contributed by atoms with Crippen LogP contribution in [0.2, 0.25) is 0 Å². The summed E-state index contributed by atoms with van der Waals surface area (Å²) in [5.41, 5.74) is 0. The van der Waals surface area contributed by atoms with Crippen LogP contribution in [-0.4, -0.2) is 19.8 Å². The second-order valence-electron chi connectivity index (χ2n) is 3.25. The van der Waals surface area contributed by atoms with Crippen LogP contribution in [0.5, 0.6) is 0 Å². The van der Waals surface area contributed by atoms with Crippen LogP contribution < -0.4 is 0 Å². The Morgan fingerprint density at radius 3 is 1.50 bits per heavy atom. The first-order valence-electron chi connectivity index (χ1n) is 4.51. The minimum absolute atomic E-state index is 0.620. The highest BCUT2D eigenvalue weighted by Gasteiger charge is 2.54. The summed E-state index contributed by atoms with van der Waals surface area (Å²) in [6.45, 7) is 5.75. The van der Waals surface area contributed by atoms with Gasteiger partial charge < -0.3 is 0 Å². The van der Waals surface area contributed by atoms with Crippen LogP contribution in [0.3, 0.4) is 0 Å². The lowest BCUT2D eigenvalue weighted by Gasteiger charge is -2.29. The molecule has 0 aliphatic carbocycles. The lowest BCUT2D eigenvalue weighted by Crippen LogP contribution is -2.30. The van der Waals surface area contributed by atoms with Crippen molar-refractivity contribution < 1.29 is 14.7 Å². The van der Waals surface area contributed by atoms with E-state index in [0.29, 0.717) is 19.3 Å². The first-order chi connectivity index (χ1) is 5.43. The monoisotopic (exact) mass is 195 g/mol. The molecule has 0 aromatic heterocycles. The van der Waals surface area contributed by atoms with Gasteiger partial charge in [0.25, 0.3) is 0 Å². The van der Waals surface area contributed by atoms with E-state index in [1.165, 1.54) is 0 Å². The molecular weight excluding hydrogens is 175 g/mol. The van der Waals surface area contributed by atoms with Gasteiger partial charge in [0.05, 0.1) is 0 Å². The molecule has 0 spiro atoms. The standard InChI is InChI=1S/C8H20O3P/c1-4-7-8(5-2,6-3)12(9,10)11/h9-11H,4-7H2,1-3H3/q+1. The largest absolute Gasteiger partial charge is 0.409 e. The molecule has 0 saturated carbocycles. The summed E-state index contributed by atoms with van der Waals surface area (Å²) in [6.07, 6.45) is 2.78. The molecule has 4 heteroatoms. The number of rotatable bonds is 5. The molecule has 0 fully saturated rings. The molecule has 0 rings (SSSR count). The predicted molar refractivity (Wildman–Crippen MR) is 51.8 cm³/mol. The van der Waals surface area contributed by atoms with Gasteiger partial charge in [-0.05, 0) is 19.3 Å². The maximum absolute atomic E-state index is 9.28. The molecule has 0 radical (unpaired) electrons. The Hall–Kier alpha value is 0.310. The average molecular weight is 195 g/mol. The van der Waals surface area contributed by atoms with Gasteiger partial charge in [-0.1, -0.05) is 27.2 Å². The summed E-state index contributed by atoms with van der Waals surface area (Å²) in [7, 11) is -3.67. The quantitative estimate of drug-likeness (QED) is 0.588. The third-order valence-electron chi connectivity index (χ3n) is 2.67. The molecule has 0 atom stereocenters. The minimum atomic E-state index is -3.67. The van der Waals surface area contributed by atoms with Gasteiger partial charge in [-0.2, -0.15) is 14.7 Å². The molecule has 0 bridgehead atoms. The molecule has 0 amide bonds. The van der Waals surface area contributed by atoms with Crippen LogP contribution in [0.25, 0.3) is 0 Å². The fourth-order valence-electron chi connectivity index (χ4n) is 1.64. The van der Waals surface area contributed by atoms with Gasteiger partial charge in [-0.3, -0.25) is 0 Å². The second-order valence-corrected chi connectivity index (χ2v) is 5.34. The highest BCUT2D eigenvalue weighted by atomic mass is 31.2. The van der Waals surface area contributed by atoms with Gasteiger partial charge in [-0.15, -0.1) is 0 Å². The van der Waals surface area contributed by atoms with Crippen LogP contribution in [0.1, 0.15) is 46.5 Å². The molecule has 0 heterocycles. The summed E-state index contributed by atoms with van der Waals surface area (Å²) in [6, 6.07) is 0. The maximum atomic E-state index is 9.28. The average Bonchev–Trinajstić information content (AvgIpc) is 1.98. The molecule has 0 aromatic carbocycles. The van der Waals surface area contributed by atoms with E-state index in [9.17, 15) is 14.7 Å². The summed E-state index contributed by atoms with van der Waals surface area (Å²) in [4.78, 5) is 27.8. The van der Waals surface area contributed by atoms with E-state index in [1.54, 1.807) is 0 Å². The van der Waals surface area contributed by atoms with E-state index in [1.807, 2.05) is 20.8 Å². The van der Waals surface area contributed by atoms with Crippen molar-refractivity contribution in [2.75, 3.05) is 0 Å². The first kappa shape index (κ1) is 12.3. The van der Waals surface area contributed by atoms with Crippen molar-refractivity contribution in [2.45, 2.75) is 51.6 Å². The van der Waals surface area contributed by atoms with Gasteiger partial charge in [0.2, 0.25) is 0 Å². The summed E-state index contributed by atoms with van der Waals surface area (Å²) >= 11 is 0. The van der Waals surface area contributed by atoms with Gasteiger partial charge in [-0.25, -0.2) is 0 Å². The Morgan fingerprint density at radius 1 is 1.00 bits per heavy atom. The van der Waals surface area contributed by atoms with Crippen molar-refractivity contribution in [2.24, 2.45) is 0 Å². The van der Waals surface area contributed by atoms with Crippen LogP contribution in [-0.2, 0) is 0 Å². The zero-order valence-electron chi connectivity index (χ0n) is 8.12. The zero-order chi connectivity index (χ0) is 9.83. The molecule has 0 aliphatic heterocycles. The zero-order valence-corrected chi connectivity index (χ0v) is 9.01. The minimum Gasteiger partial charge on any atom is -0.192 e. The smallest absolute Gasteiger partial charge is 0.192 e. The summed E-state index contributed by atoms with van der Waals surface area (Å²) < 4.78 is 0. The third kappa shape index (κ3) is 2.40. The molecule has 0 unspecified atom stereocenters.